The van der Waals surface area contributed by atoms with Gasteiger partial charge in [0.1, 0.15) is 5.75 Å². The summed E-state index contributed by atoms with van der Waals surface area (Å²) in [4.78, 5) is 23.0. The third-order valence-electron chi connectivity index (χ3n) is 2.24. The van der Waals surface area contributed by atoms with E-state index in [0.717, 1.165) is 0 Å². The lowest BCUT2D eigenvalue weighted by atomic mass is 10.2. The fourth-order valence-corrected chi connectivity index (χ4v) is 1.44. The standard InChI is InChI=1S/C13H18N2O3/c1-9(2)15-12(17)7-8-14-13(18)10-5-3-4-6-11(10)16/h3-6,9,16H,7-8H2,1-2H3,(H,14,18)(H,15,17). The lowest BCUT2D eigenvalue weighted by molar-refractivity contribution is -0.121. The van der Waals surface area contributed by atoms with Crippen molar-refractivity contribution in [2.24, 2.45) is 0 Å². The summed E-state index contributed by atoms with van der Waals surface area (Å²) >= 11 is 0. The number of para-hydroxylation sites is 1. The second kappa shape index (κ2) is 6.64. The molecule has 1 aromatic rings. The topological polar surface area (TPSA) is 78.4 Å². The molecule has 0 aliphatic carbocycles. The molecule has 0 radical (unpaired) electrons. The SMILES string of the molecule is CC(C)NC(=O)CCNC(=O)c1ccccc1O. The zero-order chi connectivity index (χ0) is 13.5. The van der Waals surface area contributed by atoms with Crippen molar-refractivity contribution in [1.82, 2.24) is 10.6 Å². The maximum atomic E-state index is 11.7. The van der Waals surface area contributed by atoms with E-state index in [1.807, 2.05) is 13.8 Å². The molecule has 5 heteroatoms. The number of hydrogen-bond acceptors (Lipinski definition) is 3. The third-order valence-corrected chi connectivity index (χ3v) is 2.24. The van der Waals surface area contributed by atoms with Gasteiger partial charge < -0.3 is 15.7 Å². The Morgan fingerprint density at radius 3 is 2.56 bits per heavy atom. The van der Waals surface area contributed by atoms with E-state index in [0.29, 0.717) is 0 Å². The Morgan fingerprint density at radius 2 is 1.94 bits per heavy atom. The maximum absolute atomic E-state index is 11.7. The molecule has 0 spiro atoms. The van der Waals surface area contributed by atoms with E-state index in [1.54, 1.807) is 12.1 Å². The maximum Gasteiger partial charge on any atom is 0.255 e. The molecule has 0 unspecified atom stereocenters. The first-order chi connectivity index (χ1) is 8.50. The average Bonchev–Trinajstić information content (AvgIpc) is 2.28. The zero-order valence-corrected chi connectivity index (χ0v) is 10.6. The van der Waals surface area contributed by atoms with Crippen molar-refractivity contribution in [3.05, 3.63) is 29.8 Å². The lowest BCUT2D eigenvalue weighted by Crippen LogP contribution is -2.34. The molecule has 1 rings (SSSR count). The molecule has 0 saturated heterocycles. The minimum absolute atomic E-state index is 0.0679. The van der Waals surface area contributed by atoms with Crippen molar-refractivity contribution in [2.45, 2.75) is 26.3 Å². The lowest BCUT2D eigenvalue weighted by Gasteiger charge is -2.09. The predicted octanol–water partition coefficient (Wildman–Crippen LogP) is 1.04. The Hall–Kier alpha value is -2.04. The van der Waals surface area contributed by atoms with Crippen LogP contribution in [-0.4, -0.2) is 29.5 Å². The fraction of sp³-hybridized carbons (Fsp3) is 0.385. The number of phenolic OH excluding ortho intramolecular Hbond substituents is 1. The van der Waals surface area contributed by atoms with Crippen LogP contribution in [0.4, 0.5) is 0 Å². The van der Waals surface area contributed by atoms with Crippen LogP contribution in [0.15, 0.2) is 24.3 Å². The second-order valence-corrected chi connectivity index (χ2v) is 4.25. The van der Waals surface area contributed by atoms with Gasteiger partial charge in [0.15, 0.2) is 0 Å². The van der Waals surface area contributed by atoms with Gasteiger partial charge in [-0.05, 0) is 26.0 Å². The van der Waals surface area contributed by atoms with Gasteiger partial charge in [-0.1, -0.05) is 12.1 Å². The van der Waals surface area contributed by atoms with Gasteiger partial charge in [-0.15, -0.1) is 0 Å². The van der Waals surface area contributed by atoms with Gasteiger partial charge in [-0.3, -0.25) is 9.59 Å². The molecular formula is C13H18N2O3. The molecule has 0 fully saturated rings. The summed E-state index contributed by atoms with van der Waals surface area (Å²) in [6.45, 7) is 3.99. The van der Waals surface area contributed by atoms with E-state index in [2.05, 4.69) is 10.6 Å². The number of aromatic hydroxyl groups is 1. The van der Waals surface area contributed by atoms with Crippen molar-refractivity contribution >= 4 is 11.8 Å². The normalized spacial score (nSPS) is 10.2. The molecular weight excluding hydrogens is 232 g/mol. The average molecular weight is 250 g/mol. The number of benzene rings is 1. The van der Waals surface area contributed by atoms with E-state index in [1.165, 1.54) is 12.1 Å². The first-order valence-electron chi connectivity index (χ1n) is 5.86. The second-order valence-electron chi connectivity index (χ2n) is 4.25. The predicted molar refractivity (Wildman–Crippen MR) is 68.3 cm³/mol. The van der Waals surface area contributed by atoms with Gasteiger partial charge >= 0.3 is 0 Å². The van der Waals surface area contributed by atoms with Crippen molar-refractivity contribution in [3.63, 3.8) is 0 Å². The molecule has 0 bridgehead atoms. The van der Waals surface area contributed by atoms with Crippen LogP contribution in [0.1, 0.15) is 30.6 Å². The van der Waals surface area contributed by atoms with Gasteiger partial charge in [0.2, 0.25) is 5.91 Å². The molecule has 98 valence electrons. The molecule has 1 aromatic carbocycles. The molecule has 5 nitrogen and oxygen atoms in total. The molecule has 0 saturated carbocycles. The quantitative estimate of drug-likeness (QED) is 0.730. The third kappa shape index (κ3) is 4.45. The van der Waals surface area contributed by atoms with Crippen LogP contribution >= 0.6 is 0 Å². The van der Waals surface area contributed by atoms with E-state index >= 15 is 0 Å². The van der Waals surface area contributed by atoms with Crippen LogP contribution in [0.3, 0.4) is 0 Å². The van der Waals surface area contributed by atoms with Crippen molar-refractivity contribution < 1.29 is 14.7 Å². The van der Waals surface area contributed by atoms with E-state index in [-0.39, 0.29) is 42.1 Å². The number of amides is 2. The highest BCUT2D eigenvalue weighted by Crippen LogP contribution is 2.14. The van der Waals surface area contributed by atoms with Crippen LogP contribution in [0, 0.1) is 0 Å². The first kappa shape index (κ1) is 14.0. The first-order valence-corrected chi connectivity index (χ1v) is 5.86. The molecule has 0 aliphatic heterocycles. The minimum atomic E-state index is -0.384. The Kier molecular flexibility index (Phi) is 5.17. The molecule has 18 heavy (non-hydrogen) atoms. The van der Waals surface area contributed by atoms with Gasteiger partial charge in [-0.2, -0.15) is 0 Å². The summed E-state index contributed by atoms with van der Waals surface area (Å²) in [6, 6.07) is 6.37. The Bertz CT molecular complexity index is 430. The molecule has 0 aromatic heterocycles. The summed E-state index contributed by atoms with van der Waals surface area (Å²) in [7, 11) is 0. The summed E-state index contributed by atoms with van der Waals surface area (Å²) in [5.41, 5.74) is 0.210. The highest BCUT2D eigenvalue weighted by molar-refractivity contribution is 5.96. The largest absolute Gasteiger partial charge is 0.507 e. The van der Waals surface area contributed by atoms with Crippen LogP contribution in [-0.2, 0) is 4.79 Å². The highest BCUT2D eigenvalue weighted by Gasteiger charge is 2.10. The molecule has 0 heterocycles. The fourth-order valence-electron chi connectivity index (χ4n) is 1.44. The van der Waals surface area contributed by atoms with E-state index in [4.69, 9.17) is 0 Å². The Morgan fingerprint density at radius 1 is 1.28 bits per heavy atom. The number of carbonyl (C=O) groups excluding carboxylic acids is 2. The van der Waals surface area contributed by atoms with Crippen molar-refractivity contribution in [1.29, 1.82) is 0 Å². The molecule has 3 N–H and O–H groups in total. The van der Waals surface area contributed by atoms with Crippen LogP contribution in [0.5, 0.6) is 5.75 Å². The molecule has 0 aliphatic rings. The van der Waals surface area contributed by atoms with Gasteiger partial charge in [0.25, 0.3) is 5.91 Å². The molecule has 2 amide bonds. The molecule has 0 atom stereocenters. The zero-order valence-electron chi connectivity index (χ0n) is 10.6. The number of carbonyl (C=O) groups is 2. The van der Waals surface area contributed by atoms with Gasteiger partial charge in [0.05, 0.1) is 5.56 Å². The van der Waals surface area contributed by atoms with Crippen LogP contribution < -0.4 is 10.6 Å². The minimum Gasteiger partial charge on any atom is -0.507 e. The van der Waals surface area contributed by atoms with E-state index in [9.17, 15) is 14.7 Å². The number of phenols is 1. The number of hydrogen-bond donors (Lipinski definition) is 3. The highest BCUT2D eigenvalue weighted by atomic mass is 16.3. The van der Waals surface area contributed by atoms with Crippen molar-refractivity contribution in [2.75, 3.05) is 6.54 Å². The number of rotatable bonds is 5. The van der Waals surface area contributed by atoms with Gasteiger partial charge in [-0.25, -0.2) is 0 Å². The van der Waals surface area contributed by atoms with Crippen LogP contribution in [0.2, 0.25) is 0 Å². The Balaban J connectivity index is 2.39. The van der Waals surface area contributed by atoms with E-state index < -0.39 is 0 Å². The smallest absolute Gasteiger partial charge is 0.255 e. The Labute approximate surface area is 106 Å². The van der Waals surface area contributed by atoms with Gasteiger partial charge in [0, 0.05) is 19.0 Å². The number of nitrogens with one attached hydrogen (secondary N) is 2. The summed E-state index contributed by atoms with van der Waals surface area (Å²) in [6.07, 6.45) is 0.220. The summed E-state index contributed by atoms with van der Waals surface area (Å²) in [5, 5.41) is 14.8. The summed E-state index contributed by atoms with van der Waals surface area (Å²) in [5.74, 6) is -0.560. The monoisotopic (exact) mass is 250 g/mol. The van der Waals surface area contributed by atoms with Crippen LogP contribution in [0.25, 0.3) is 0 Å². The van der Waals surface area contributed by atoms with Crippen molar-refractivity contribution in [3.8, 4) is 5.75 Å². The summed E-state index contributed by atoms with van der Waals surface area (Å²) < 4.78 is 0.